The molecule has 2 aromatic carbocycles. The molecule has 0 radical (unpaired) electrons. The minimum Gasteiger partial charge on any atom is -0.356 e. The minimum atomic E-state index is 1.12. The van der Waals surface area contributed by atoms with E-state index in [9.17, 15) is 0 Å². The van der Waals surface area contributed by atoms with Gasteiger partial charge in [-0.15, -0.1) is 0 Å². The van der Waals surface area contributed by atoms with E-state index in [1.165, 1.54) is 0 Å². The second-order valence-corrected chi connectivity index (χ2v) is 2.86. The van der Waals surface area contributed by atoms with E-state index in [4.69, 9.17) is 9.95 Å². The first-order valence-electron chi connectivity index (χ1n) is 4.54. The molecule has 0 heterocycles. The van der Waals surface area contributed by atoms with Gasteiger partial charge in [-0.05, 0) is 24.3 Å². The van der Waals surface area contributed by atoms with E-state index in [1.54, 1.807) is 0 Å². The molecule has 1 unspecified atom stereocenters. The second-order valence-electron chi connectivity index (χ2n) is 2.86. The number of para-hydroxylation sites is 2. The smallest absolute Gasteiger partial charge is 0.0384 e. The van der Waals surface area contributed by atoms with Gasteiger partial charge < -0.3 is 5.32 Å². The number of nitrogens with one attached hydrogen (secondary N) is 1. The molecule has 0 fully saturated rings. The molecule has 0 bridgehead atoms. The fourth-order valence-corrected chi connectivity index (χ4v) is 1.21. The van der Waals surface area contributed by atoms with Crippen LogP contribution in [0.2, 0.25) is 0 Å². The Hall–Kier alpha value is -0.912. The third kappa shape index (κ3) is 4.42. The van der Waals surface area contributed by atoms with E-state index in [0.717, 1.165) is 27.3 Å². The van der Waals surface area contributed by atoms with Gasteiger partial charge in [-0.3, -0.25) is 0 Å². The maximum atomic E-state index is 4.70. The fraction of sp³-hybridized carbons (Fsp3) is 0. The summed E-state index contributed by atoms with van der Waals surface area (Å²) in [5.74, 6) is 0. The minimum absolute atomic E-state index is 1.12. The first kappa shape index (κ1) is 12.2. The summed E-state index contributed by atoms with van der Waals surface area (Å²) in [5.41, 5.74) is 2.24. The molecular weight excluding hydrogens is 269 g/mol. The maximum Gasteiger partial charge on any atom is 0.0384 e. The summed E-state index contributed by atoms with van der Waals surface area (Å²) in [6.07, 6.45) is 0. The summed E-state index contributed by atoms with van der Waals surface area (Å²) in [6.45, 7) is 0. The average Bonchev–Trinajstić information content (AvgIpc) is 2.34. The van der Waals surface area contributed by atoms with Gasteiger partial charge in [0.1, 0.15) is 0 Å². The molecule has 3 heteroatoms. The number of halogens is 1. The summed E-state index contributed by atoms with van der Waals surface area (Å²) in [7, 11) is 4.70. The molecule has 78 valence electrons. The summed E-state index contributed by atoms with van der Waals surface area (Å²) >= 11 is 1.16. The van der Waals surface area contributed by atoms with Crippen LogP contribution >= 0.6 is 9.95 Å². The van der Waals surface area contributed by atoms with Crippen molar-refractivity contribution in [2.24, 2.45) is 0 Å². The molecule has 0 aliphatic carbocycles. The van der Waals surface area contributed by atoms with Gasteiger partial charge in [-0.2, -0.15) is 0 Å². The van der Waals surface area contributed by atoms with Crippen molar-refractivity contribution in [3.8, 4) is 0 Å². The molecule has 0 spiro atoms. The zero-order valence-corrected chi connectivity index (χ0v) is 11.4. The third-order valence-corrected chi connectivity index (χ3v) is 1.84. The van der Waals surface area contributed by atoms with Gasteiger partial charge in [0.2, 0.25) is 0 Å². The van der Waals surface area contributed by atoms with Crippen molar-refractivity contribution in [2.75, 3.05) is 5.32 Å². The molecule has 0 saturated carbocycles. The quantitative estimate of drug-likeness (QED) is 0.834. The molecule has 0 saturated heterocycles. The molecule has 15 heavy (non-hydrogen) atoms. The maximum absolute atomic E-state index is 4.70. The predicted octanol–water partition coefficient (Wildman–Crippen LogP) is 3.20. The normalized spacial score (nSPS) is 8.67. The summed E-state index contributed by atoms with van der Waals surface area (Å²) < 4.78 is 0. The zero-order chi connectivity index (χ0) is 10.9. The largest absolute Gasteiger partial charge is 0.356 e. The van der Waals surface area contributed by atoms with Gasteiger partial charge in [0, 0.05) is 11.4 Å². The van der Waals surface area contributed by atoms with Crippen molar-refractivity contribution >= 4 is 37.2 Å². The van der Waals surface area contributed by atoms with E-state index in [1.807, 2.05) is 60.7 Å². The van der Waals surface area contributed by atoms with Crippen LogP contribution in [0.15, 0.2) is 60.7 Å². The van der Waals surface area contributed by atoms with Crippen molar-refractivity contribution in [2.45, 2.75) is 0 Å². The topological polar surface area (TPSA) is 12.0 Å². The summed E-state index contributed by atoms with van der Waals surface area (Å²) in [6, 6.07) is 20.3. The van der Waals surface area contributed by atoms with E-state index in [0.29, 0.717) is 0 Å². The van der Waals surface area contributed by atoms with Crippen molar-refractivity contribution in [3.63, 3.8) is 0 Å². The Labute approximate surface area is 103 Å². The van der Waals surface area contributed by atoms with Gasteiger partial charge in [-0.1, -0.05) is 36.4 Å². The third-order valence-electron chi connectivity index (χ3n) is 1.84. The van der Waals surface area contributed by atoms with Crippen LogP contribution in [-0.4, -0.2) is 15.9 Å². The van der Waals surface area contributed by atoms with E-state index < -0.39 is 0 Å². The van der Waals surface area contributed by atoms with Gasteiger partial charge in [0.25, 0.3) is 0 Å². The molecular formula is C12H13AsClN. The van der Waals surface area contributed by atoms with Crippen LogP contribution in [0, 0.1) is 0 Å². The monoisotopic (exact) mass is 281 g/mol. The van der Waals surface area contributed by atoms with Crippen LogP contribution in [0.25, 0.3) is 0 Å². The molecule has 0 aromatic heterocycles. The average molecular weight is 282 g/mol. The van der Waals surface area contributed by atoms with Crippen LogP contribution in [-0.2, 0) is 0 Å². The zero-order valence-electron chi connectivity index (χ0n) is 8.23. The number of hydrogen-bond acceptors (Lipinski definition) is 1. The molecule has 1 N–H and O–H groups in total. The van der Waals surface area contributed by atoms with Gasteiger partial charge in [0.15, 0.2) is 0 Å². The Bertz CT molecular complexity index is 326. The molecule has 0 aliphatic rings. The molecule has 1 nitrogen and oxygen atoms in total. The first-order chi connectivity index (χ1) is 7.45. The summed E-state index contributed by atoms with van der Waals surface area (Å²) in [5, 5.41) is 3.30. The second kappa shape index (κ2) is 7.39. The van der Waals surface area contributed by atoms with Gasteiger partial charge in [-0.25, -0.2) is 0 Å². The number of rotatable bonds is 2. The number of anilines is 2. The predicted molar refractivity (Wildman–Crippen MR) is 70.6 cm³/mol. The van der Waals surface area contributed by atoms with Crippen LogP contribution in [0.1, 0.15) is 0 Å². The Kier molecular flexibility index (Phi) is 5.99. The van der Waals surface area contributed by atoms with Crippen LogP contribution < -0.4 is 5.32 Å². The van der Waals surface area contributed by atoms with Crippen molar-refractivity contribution in [1.29, 1.82) is 0 Å². The Morgan fingerprint density at radius 2 is 1.00 bits per heavy atom. The molecule has 0 amide bonds. The standard InChI is InChI=1S/C12H11N.AsClH2/c1-3-7-11(8-4-1)13-12-9-5-2-6-10-12;1-2/h1-10,13H;1H2. The first-order valence-corrected chi connectivity index (χ1v) is 7.72. The van der Waals surface area contributed by atoms with Gasteiger partial charge >= 0.3 is 25.9 Å². The van der Waals surface area contributed by atoms with Crippen molar-refractivity contribution in [1.82, 2.24) is 0 Å². The number of benzene rings is 2. The molecule has 0 aliphatic heterocycles. The van der Waals surface area contributed by atoms with Gasteiger partial charge in [0.05, 0.1) is 0 Å². The van der Waals surface area contributed by atoms with Crippen molar-refractivity contribution < 1.29 is 0 Å². The molecule has 1 atom stereocenters. The van der Waals surface area contributed by atoms with E-state index >= 15 is 0 Å². The summed E-state index contributed by atoms with van der Waals surface area (Å²) in [4.78, 5) is 0. The van der Waals surface area contributed by atoms with E-state index in [2.05, 4.69) is 5.32 Å². The van der Waals surface area contributed by atoms with Crippen LogP contribution in [0.5, 0.6) is 0 Å². The molecule has 2 rings (SSSR count). The molecule has 2 aromatic rings. The Morgan fingerprint density at radius 3 is 1.33 bits per heavy atom. The van der Waals surface area contributed by atoms with E-state index in [-0.39, 0.29) is 0 Å². The fourth-order valence-electron chi connectivity index (χ4n) is 1.21. The SMILES string of the molecule is Cl[AsH2].c1ccc(Nc2ccccc2)cc1. The van der Waals surface area contributed by atoms with Crippen molar-refractivity contribution in [3.05, 3.63) is 60.7 Å². The Morgan fingerprint density at radius 1 is 0.667 bits per heavy atom. The van der Waals surface area contributed by atoms with Crippen LogP contribution in [0.3, 0.4) is 0 Å². The van der Waals surface area contributed by atoms with Crippen LogP contribution in [0.4, 0.5) is 11.4 Å². The number of hydrogen-bond donors (Lipinski definition) is 1. The Balaban J connectivity index is 0.000000531.